The van der Waals surface area contributed by atoms with Crippen molar-refractivity contribution >= 4 is 0 Å². The summed E-state index contributed by atoms with van der Waals surface area (Å²) in [5, 5.41) is 0. The van der Waals surface area contributed by atoms with E-state index in [1.807, 2.05) is 0 Å². The van der Waals surface area contributed by atoms with E-state index >= 15 is 0 Å². The molecule has 0 radical (unpaired) electrons. The lowest BCUT2D eigenvalue weighted by Crippen LogP contribution is -2.57. The fraction of sp³-hybridized carbons (Fsp3) is 1.00. The Balaban J connectivity index is 1.40. The van der Waals surface area contributed by atoms with Crippen molar-refractivity contribution in [2.75, 3.05) is 39.3 Å². The molecule has 1 saturated carbocycles. The van der Waals surface area contributed by atoms with Crippen molar-refractivity contribution in [3.63, 3.8) is 0 Å². The Morgan fingerprint density at radius 1 is 0.750 bits per heavy atom. The number of likely N-dealkylation sites (tertiary alicyclic amines) is 1. The second kappa shape index (κ2) is 6.33. The second-order valence-electron chi connectivity index (χ2n) is 7.66. The lowest BCUT2D eigenvalue weighted by atomic mass is 9.80. The third-order valence-electron chi connectivity index (χ3n) is 5.96. The first kappa shape index (κ1) is 14.8. The number of piperidine rings is 1. The summed E-state index contributed by atoms with van der Waals surface area (Å²) in [5.41, 5.74) is 0. The van der Waals surface area contributed by atoms with E-state index < -0.39 is 0 Å². The lowest BCUT2D eigenvalue weighted by molar-refractivity contribution is 0.00865. The third-order valence-corrected chi connectivity index (χ3v) is 5.96. The maximum Gasteiger partial charge on any atom is 0.0121 e. The zero-order valence-corrected chi connectivity index (χ0v) is 13.7. The molecule has 2 heterocycles. The number of rotatable bonds is 3. The van der Waals surface area contributed by atoms with Crippen LogP contribution in [0.25, 0.3) is 0 Å². The Bertz CT molecular complexity index is 295. The van der Waals surface area contributed by atoms with Gasteiger partial charge in [0.15, 0.2) is 0 Å². The smallest absolute Gasteiger partial charge is 0.0121 e. The predicted octanol–water partition coefficient (Wildman–Crippen LogP) is 2.28. The van der Waals surface area contributed by atoms with E-state index in [0.29, 0.717) is 0 Å². The molecule has 0 bridgehead atoms. The summed E-state index contributed by atoms with van der Waals surface area (Å²) >= 11 is 0. The summed E-state index contributed by atoms with van der Waals surface area (Å²) in [6.07, 6.45) is 5.68. The molecule has 2 saturated heterocycles. The Labute approximate surface area is 125 Å². The van der Waals surface area contributed by atoms with Crippen molar-refractivity contribution in [2.45, 2.75) is 64.6 Å². The van der Waals surface area contributed by atoms with Gasteiger partial charge in [0.05, 0.1) is 0 Å². The van der Waals surface area contributed by atoms with Gasteiger partial charge in [0, 0.05) is 44.3 Å². The van der Waals surface area contributed by atoms with Crippen molar-refractivity contribution in [1.82, 2.24) is 14.7 Å². The number of piperazine rings is 1. The number of hydrogen-bond donors (Lipinski definition) is 0. The molecule has 0 amide bonds. The van der Waals surface area contributed by atoms with Gasteiger partial charge in [-0.25, -0.2) is 0 Å². The molecule has 20 heavy (non-hydrogen) atoms. The first-order valence-corrected chi connectivity index (χ1v) is 8.85. The van der Waals surface area contributed by atoms with Gasteiger partial charge in [0.25, 0.3) is 0 Å². The summed E-state index contributed by atoms with van der Waals surface area (Å²) in [5.74, 6) is 0.985. The maximum absolute atomic E-state index is 2.79. The van der Waals surface area contributed by atoms with Crippen molar-refractivity contribution in [2.24, 2.45) is 5.92 Å². The van der Waals surface area contributed by atoms with E-state index in [0.717, 1.165) is 24.0 Å². The van der Waals surface area contributed by atoms with Crippen LogP contribution in [0.15, 0.2) is 0 Å². The van der Waals surface area contributed by atoms with E-state index in [9.17, 15) is 0 Å². The topological polar surface area (TPSA) is 9.72 Å². The molecule has 0 N–H and O–H groups in total. The summed E-state index contributed by atoms with van der Waals surface area (Å²) < 4.78 is 0. The van der Waals surface area contributed by atoms with Gasteiger partial charge in [-0.3, -0.25) is 9.80 Å². The van der Waals surface area contributed by atoms with Crippen LogP contribution in [0, 0.1) is 5.92 Å². The van der Waals surface area contributed by atoms with Gasteiger partial charge in [-0.1, -0.05) is 6.92 Å². The highest BCUT2D eigenvalue weighted by Gasteiger charge is 2.34. The molecule has 0 aromatic heterocycles. The van der Waals surface area contributed by atoms with Crippen LogP contribution in [0.2, 0.25) is 0 Å². The minimum Gasteiger partial charge on any atom is -0.301 e. The fourth-order valence-corrected chi connectivity index (χ4v) is 4.39. The summed E-state index contributed by atoms with van der Waals surface area (Å²) in [6.45, 7) is 15.0. The Kier molecular flexibility index (Phi) is 4.68. The van der Waals surface area contributed by atoms with Gasteiger partial charge in [-0.05, 0) is 58.5 Å². The molecule has 1 aliphatic carbocycles. The van der Waals surface area contributed by atoms with E-state index in [-0.39, 0.29) is 0 Å². The first-order valence-electron chi connectivity index (χ1n) is 8.85. The van der Waals surface area contributed by atoms with Crippen molar-refractivity contribution < 1.29 is 0 Å². The largest absolute Gasteiger partial charge is 0.301 e. The van der Waals surface area contributed by atoms with E-state index in [1.54, 1.807) is 0 Å². The van der Waals surface area contributed by atoms with Gasteiger partial charge in [-0.2, -0.15) is 0 Å². The predicted molar refractivity (Wildman–Crippen MR) is 85.1 cm³/mol. The third kappa shape index (κ3) is 3.20. The van der Waals surface area contributed by atoms with Gasteiger partial charge in [-0.15, -0.1) is 0 Å². The maximum atomic E-state index is 2.79. The molecule has 0 unspecified atom stereocenters. The Morgan fingerprint density at radius 2 is 1.25 bits per heavy atom. The molecule has 0 aromatic rings. The van der Waals surface area contributed by atoms with Crippen LogP contribution in [-0.4, -0.2) is 72.1 Å². The van der Waals surface area contributed by atoms with Gasteiger partial charge in [0.1, 0.15) is 0 Å². The summed E-state index contributed by atoms with van der Waals surface area (Å²) in [4.78, 5) is 8.19. The quantitative estimate of drug-likeness (QED) is 0.785. The average Bonchev–Trinajstić information content (AvgIpc) is 2.44. The highest BCUT2D eigenvalue weighted by atomic mass is 15.3. The molecule has 3 heteroatoms. The molecule has 0 atom stereocenters. The molecule has 116 valence electrons. The highest BCUT2D eigenvalue weighted by Crippen LogP contribution is 2.32. The van der Waals surface area contributed by atoms with Crippen LogP contribution in [0.4, 0.5) is 0 Å². The minimum absolute atomic E-state index is 0.730. The zero-order chi connectivity index (χ0) is 14.1. The van der Waals surface area contributed by atoms with Crippen molar-refractivity contribution in [1.29, 1.82) is 0 Å². The van der Waals surface area contributed by atoms with E-state index in [2.05, 4.69) is 35.5 Å². The highest BCUT2D eigenvalue weighted by molar-refractivity contribution is 4.90. The van der Waals surface area contributed by atoms with Crippen LogP contribution in [0.1, 0.15) is 46.5 Å². The molecule has 2 aliphatic heterocycles. The van der Waals surface area contributed by atoms with Crippen molar-refractivity contribution in [3.8, 4) is 0 Å². The summed E-state index contributed by atoms with van der Waals surface area (Å²) in [6, 6.07) is 2.52. The second-order valence-corrected chi connectivity index (χ2v) is 7.66. The zero-order valence-electron chi connectivity index (χ0n) is 13.7. The van der Waals surface area contributed by atoms with Gasteiger partial charge in [0.2, 0.25) is 0 Å². The van der Waals surface area contributed by atoms with Crippen LogP contribution in [-0.2, 0) is 0 Å². The number of hydrogen-bond acceptors (Lipinski definition) is 3. The average molecular weight is 279 g/mol. The van der Waals surface area contributed by atoms with Crippen LogP contribution >= 0.6 is 0 Å². The monoisotopic (exact) mass is 279 g/mol. The Morgan fingerprint density at radius 3 is 1.70 bits per heavy atom. The number of nitrogens with zero attached hydrogens (tertiary/aromatic N) is 3. The minimum atomic E-state index is 0.730. The lowest BCUT2D eigenvalue weighted by Gasteiger charge is -2.48. The van der Waals surface area contributed by atoms with Crippen LogP contribution in [0.5, 0.6) is 0 Å². The molecule has 3 rings (SSSR count). The fourth-order valence-electron chi connectivity index (χ4n) is 4.39. The van der Waals surface area contributed by atoms with E-state index in [1.165, 1.54) is 65.0 Å². The van der Waals surface area contributed by atoms with Crippen LogP contribution in [0.3, 0.4) is 0 Å². The summed E-state index contributed by atoms with van der Waals surface area (Å²) in [7, 11) is 0. The van der Waals surface area contributed by atoms with Crippen LogP contribution < -0.4 is 0 Å². The van der Waals surface area contributed by atoms with Gasteiger partial charge < -0.3 is 4.90 Å². The molecule has 0 aromatic carbocycles. The SMILES string of the molecule is CC1CC(N2CCN(C3CCN(C(C)C)CC3)CC2)C1. The molecular formula is C17H33N3. The van der Waals surface area contributed by atoms with Gasteiger partial charge >= 0.3 is 0 Å². The molecule has 0 spiro atoms. The molecular weight excluding hydrogens is 246 g/mol. The molecule has 3 fully saturated rings. The van der Waals surface area contributed by atoms with E-state index in [4.69, 9.17) is 0 Å². The molecule has 3 nitrogen and oxygen atoms in total. The standard InChI is InChI=1S/C17H33N3/c1-14(2)18-6-4-16(5-7-18)19-8-10-20(11-9-19)17-12-15(3)13-17/h14-17H,4-13H2,1-3H3. The normalized spacial score (nSPS) is 35.4. The molecule has 3 aliphatic rings. The Hall–Kier alpha value is -0.120. The van der Waals surface area contributed by atoms with Crippen molar-refractivity contribution in [3.05, 3.63) is 0 Å². The first-order chi connectivity index (χ1) is 9.63.